The van der Waals surface area contributed by atoms with E-state index in [-0.39, 0.29) is 17.2 Å². The first-order chi connectivity index (χ1) is 12.1. The second-order valence-electron chi connectivity index (χ2n) is 8.39. The molecule has 1 spiro atoms. The zero-order valence-corrected chi connectivity index (χ0v) is 14.6. The second-order valence-corrected chi connectivity index (χ2v) is 8.39. The van der Waals surface area contributed by atoms with Gasteiger partial charge in [-0.15, -0.1) is 0 Å². The van der Waals surface area contributed by atoms with Crippen LogP contribution in [0.2, 0.25) is 0 Å². The van der Waals surface area contributed by atoms with E-state index in [1.54, 1.807) is 0 Å². The maximum absolute atomic E-state index is 12.8. The minimum atomic E-state index is -0.0574. The van der Waals surface area contributed by atoms with Gasteiger partial charge in [0.15, 0.2) is 0 Å². The average molecular weight is 340 g/mol. The summed E-state index contributed by atoms with van der Waals surface area (Å²) < 4.78 is 5.41. The van der Waals surface area contributed by atoms with Gasteiger partial charge in [0, 0.05) is 43.1 Å². The van der Waals surface area contributed by atoms with Crippen LogP contribution in [-0.2, 0) is 14.3 Å². The first-order valence-electron chi connectivity index (χ1n) is 9.30. The van der Waals surface area contributed by atoms with E-state index in [1.165, 1.54) is 5.56 Å². The molecule has 2 amide bonds. The van der Waals surface area contributed by atoms with Gasteiger partial charge in [0.05, 0.1) is 13.2 Å². The number of ether oxygens (including phenoxy) is 1. The number of hydrogen-bond acceptors (Lipinski definition) is 3. The van der Waals surface area contributed by atoms with Gasteiger partial charge in [-0.1, -0.05) is 17.7 Å². The van der Waals surface area contributed by atoms with Crippen molar-refractivity contribution in [3.05, 3.63) is 29.8 Å². The molecule has 3 aliphatic heterocycles. The summed E-state index contributed by atoms with van der Waals surface area (Å²) in [5.41, 5.74) is 2.12. The van der Waals surface area contributed by atoms with Crippen LogP contribution in [0.3, 0.4) is 0 Å². The Morgan fingerprint density at radius 3 is 2.60 bits per heavy atom. The molecule has 25 heavy (non-hydrogen) atoms. The largest absolute Gasteiger partial charge is 0.381 e. The van der Waals surface area contributed by atoms with Crippen molar-refractivity contribution in [1.29, 1.82) is 0 Å². The Morgan fingerprint density at radius 1 is 1.16 bits per heavy atom. The number of nitrogens with zero attached hydrogens (tertiary/aromatic N) is 2. The predicted octanol–water partition coefficient (Wildman–Crippen LogP) is 1.84. The highest BCUT2D eigenvalue weighted by Crippen LogP contribution is 2.52. The smallest absolute Gasteiger partial charge is 0.227 e. The van der Waals surface area contributed by atoms with Crippen molar-refractivity contribution < 1.29 is 14.3 Å². The predicted molar refractivity (Wildman–Crippen MR) is 93.1 cm³/mol. The van der Waals surface area contributed by atoms with Crippen molar-refractivity contribution in [3.63, 3.8) is 0 Å². The fourth-order valence-corrected chi connectivity index (χ4v) is 5.07. The van der Waals surface area contributed by atoms with Gasteiger partial charge in [-0.25, -0.2) is 0 Å². The van der Waals surface area contributed by atoms with E-state index in [2.05, 4.69) is 6.92 Å². The van der Waals surface area contributed by atoms with Gasteiger partial charge in [-0.05, 0) is 37.3 Å². The monoisotopic (exact) mass is 340 g/mol. The number of fused-ring (bicyclic) bond motifs is 1. The van der Waals surface area contributed by atoms with Crippen LogP contribution < -0.4 is 4.90 Å². The molecular formula is C20H24N2O3. The molecule has 4 atom stereocenters. The van der Waals surface area contributed by atoms with Gasteiger partial charge in [0.25, 0.3) is 0 Å². The van der Waals surface area contributed by atoms with E-state index in [0.29, 0.717) is 24.2 Å². The molecule has 1 aromatic rings. The number of hydrogen-bond donors (Lipinski definition) is 0. The van der Waals surface area contributed by atoms with Crippen molar-refractivity contribution >= 4 is 17.5 Å². The standard InChI is InChI=1S/C20H24N2O3/c1-13-2-4-14(5-3-13)22-12-20(8-17(22)23)6-7-21(11-20)19(24)18-15-9-25-10-16(15)18/h2-5,15-16,18H,6-12H2,1H3/t15-,16+,18?,20-/m0/s1. The summed E-state index contributed by atoms with van der Waals surface area (Å²) in [6, 6.07) is 8.14. The number of likely N-dealkylation sites (tertiary alicyclic amines) is 1. The Kier molecular flexibility index (Phi) is 3.26. The molecule has 132 valence electrons. The second kappa shape index (κ2) is 5.31. The van der Waals surface area contributed by atoms with Crippen LogP contribution in [0.15, 0.2) is 24.3 Å². The minimum absolute atomic E-state index is 0.0574. The molecule has 1 aliphatic carbocycles. The highest BCUT2D eigenvalue weighted by atomic mass is 16.5. The highest BCUT2D eigenvalue weighted by Gasteiger charge is 2.60. The lowest BCUT2D eigenvalue weighted by Crippen LogP contribution is -2.36. The number of anilines is 1. The fraction of sp³-hybridized carbons (Fsp3) is 0.600. The summed E-state index contributed by atoms with van der Waals surface area (Å²) in [6.45, 7) is 5.82. The maximum atomic E-state index is 12.8. The molecule has 4 fully saturated rings. The first-order valence-corrected chi connectivity index (χ1v) is 9.30. The van der Waals surface area contributed by atoms with Crippen LogP contribution in [-0.4, -0.2) is 49.6 Å². The average Bonchev–Trinajstić information content (AvgIpc) is 2.99. The van der Waals surface area contributed by atoms with Crippen LogP contribution >= 0.6 is 0 Å². The molecule has 3 saturated heterocycles. The molecule has 0 aromatic heterocycles. The molecule has 3 heterocycles. The zero-order chi connectivity index (χ0) is 17.2. The van der Waals surface area contributed by atoms with E-state index in [9.17, 15) is 9.59 Å². The molecular weight excluding hydrogens is 316 g/mol. The molecule has 1 aromatic carbocycles. The van der Waals surface area contributed by atoms with Gasteiger partial charge in [-0.3, -0.25) is 9.59 Å². The number of benzene rings is 1. The Balaban J connectivity index is 1.28. The lowest BCUT2D eigenvalue weighted by atomic mass is 9.86. The number of carbonyl (C=O) groups is 2. The summed E-state index contributed by atoms with van der Waals surface area (Å²) in [5.74, 6) is 1.59. The van der Waals surface area contributed by atoms with Gasteiger partial charge in [0.2, 0.25) is 11.8 Å². The van der Waals surface area contributed by atoms with Gasteiger partial charge < -0.3 is 14.5 Å². The summed E-state index contributed by atoms with van der Waals surface area (Å²) in [4.78, 5) is 29.3. The zero-order valence-electron chi connectivity index (χ0n) is 14.6. The number of rotatable bonds is 2. The van der Waals surface area contributed by atoms with Crippen LogP contribution in [0.1, 0.15) is 18.4 Å². The van der Waals surface area contributed by atoms with Crippen molar-refractivity contribution in [1.82, 2.24) is 4.90 Å². The molecule has 1 saturated carbocycles. The van der Waals surface area contributed by atoms with Crippen LogP contribution in [0.25, 0.3) is 0 Å². The lowest BCUT2D eigenvalue weighted by Gasteiger charge is -2.24. The number of amides is 2. The fourth-order valence-electron chi connectivity index (χ4n) is 5.07. The highest BCUT2D eigenvalue weighted by molar-refractivity contribution is 5.96. The van der Waals surface area contributed by atoms with Gasteiger partial charge in [0.1, 0.15) is 0 Å². The first kappa shape index (κ1) is 15.4. The molecule has 1 unspecified atom stereocenters. The molecule has 0 N–H and O–H groups in total. The van der Waals surface area contributed by atoms with E-state index < -0.39 is 0 Å². The van der Waals surface area contributed by atoms with E-state index >= 15 is 0 Å². The topological polar surface area (TPSA) is 49.9 Å². The Bertz CT molecular complexity index is 721. The third-order valence-corrected chi connectivity index (χ3v) is 6.65. The van der Waals surface area contributed by atoms with Crippen molar-refractivity contribution in [3.8, 4) is 0 Å². The minimum Gasteiger partial charge on any atom is -0.381 e. The SMILES string of the molecule is Cc1ccc(N2C[C@@]3(CCN(C(=O)C4[C@H]5COC[C@@H]45)C3)CC2=O)cc1. The molecule has 0 radical (unpaired) electrons. The van der Waals surface area contributed by atoms with Gasteiger partial charge in [-0.2, -0.15) is 0 Å². The van der Waals surface area contributed by atoms with Crippen molar-refractivity contribution in [2.45, 2.75) is 19.8 Å². The Labute approximate surface area is 147 Å². The Hall–Kier alpha value is -1.88. The van der Waals surface area contributed by atoms with Gasteiger partial charge >= 0.3 is 0 Å². The van der Waals surface area contributed by atoms with Crippen LogP contribution in [0.4, 0.5) is 5.69 Å². The van der Waals surface area contributed by atoms with Crippen molar-refractivity contribution in [2.75, 3.05) is 37.7 Å². The third-order valence-electron chi connectivity index (χ3n) is 6.65. The quantitative estimate of drug-likeness (QED) is 0.825. The molecule has 4 aliphatic rings. The number of aryl methyl sites for hydroxylation is 1. The Morgan fingerprint density at radius 2 is 1.88 bits per heavy atom. The van der Waals surface area contributed by atoms with Crippen LogP contribution in [0.5, 0.6) is 0 Å². The summed E-state index contributed by atoms with van der Waals surface area (Å²) in [5, 5.41) is 0. The van der Waals surface area contributed by atoms with Crippen molar-refractivity contribution in [2.24, 2.45) is 23.2 Å². The summed E-state index contributed by atoms with van der Waals surface area (Å²) >= 11 is 0. The van der Waals surface area contributed by atoms with E-state index in [0.717, 1.165) is 45.0 Å². The lowest BCUT2D eigenvalue weighted by molar-refractivity contribution is -0.133. The van der Waals surface area contributed by atoms with E-state index in [4.69, 9.17) is 4.74 Å². The molecule has 0 bridgehead atoms. The maximum Gasteiger partial charge on any atom is 0.227 e. The van der Waals surface area contributed by atoms with Crippen LogP contribution in [0, 0.1) is 30.1 Å². The molecule has 5 nitrogen and oxygen atoms in total. The van der Waals surface area contributed by atoms with E-state index in [1.807, 2.05) is 34.1 Å². The summed E-state index contributed by atoms with van der Waals surface area (Å²) in [6.07, 6.45) is 1.50. The number of carbonyl (C=O) groups excluding carboxylic acids is 2. The summed E-state index contributed by atoms with van der Waals surface area (Å²) in [7, 11) is 0. The molecule has 5 heteroatoms. The molecule has 5 rings (SSSR count). The third kappa shape index (κ3) is 2.40. The normalized spacial score (nSPS) is 36.4.